The minimum atomic E-state index is -0.300. The largest absolute Gasteiger partial charge is 0.340 e. The molecule has 1 aliphatic rings. The molecule has 1 amide bonds. The molecule has 3 aromatic heterocycles. The first-order valence-corrected chi connectivity index (χ1v) is 10.5. The Labute approximate surface area is 178 Å². The third-order valence-electron chi connectivity index (χ3n) is 5.80. The molecule has 0 saturated carbocycles. The minimum Gasteiger partial charge on any atom is -0.340 e. The lowest BCUT2D eigenvalue weighted by Gasteiger charge is -2.34. The standard InChI is InChI=1S/C23H22FN5O2/c1-2-18-17-11-15(12-26-22(17)31-28-18)23(30)29-9-4-3-8-20(29)21-25-13-19(27-21)14-6-5-7-16(24)10-14/h5-7,10-13,20H,2-4,8-9H2,1H3,(H,25,27). The van der Waals surface area contributed by atoms with Gasteiger partial charge in [-0.05, 0) is 43.9 Å². The number of aromatic nitrogens is 4. The zero-order chi connectivity index (χ0) is 21.4. The van der Waals surface area contributed by atoms with Crippen molar-refractivity contribution in [2.24, 2.45) is 0 Å². The number of benzene rings is 1. The Bertz CT molecular complexity index is 1250. The smallest absolute Gasteiger partial charge is 0.257 e. The summed E-state index contributed by atoms with van der Waals surface area (Å²) in [6.07, 6.45) is 6.69. The number of H-pyrrole nitrogens is 1. The Morgan fingerprint density at radius 1 is 1.26 bits per heavy atom. The van der Waals surface area contributed by atoms with E-state index in [4.69, 9.17) is 4.52 Å². The molecule has 158 valence electrons. The lowest BCUT2D eigenvalue weighted by atomic mass is 10.00. The van der Waals surface area contributed by atoms with Gasteiger partial charge in [-0.3, -0.25) is 4.79 Å². The molecule has 0 radical (unpaired) electrons. The van der Waals surface area contributed by atoms with Gasteiger partial charge in [-0.25, -0.2) is 14.4 Å². The van der Waals surface area contributed by atoms with Gasteiger partial charge in [0.15, 0.2) is 0 Å². The molecule has 1 N–H and O–H groups in total. The van der Waals surface area contributed by atoms with Gasteiger partial charge in [0.2, 0.25) is 0 Å². The summed E-state index contributed by atoms with van der Waals surface area (Å²) in [5.74, 6) is 0.317. The van der Waals surface area contributed by atoms with Gasteiger partial charge >= 0.3 is 0 Å². The van der Waals surface area contributed by atoms with Crippen LogP contribution >= 0.6 is 0 Å². The first-order valence-electron chi connectivity index (χ1n) is 10.5. The van der Waals surface area contributed by atoms with Crippen LogP contribution in [0.5, 0.6) is 0 Å². The summed E-state index contributed by atoms with van der Waals surface area (Å²) in [5, 5.41) is 4.79. The quantitative estimate of drug-likeness (QED) is 0.519. The average Bonchev–Trinajstić information content (AvgIpc) is 3.45. The van der Waals surface area contributed by atoms with E-state index in [9.17, 15) is 9.18 Å². The number of halogens is 1. The summed E-state index contributed by atoms with van der Waals surface area (Å²) in [4.78, 5) is 27.4. The SMILES string of the molecule is CCc1noc2ncc(C(=O)N3CCCCC3c3ncc(-c4cccc(F)c4)[nH]3)cc12. The maximum Gasteiger partial charge on any atom is 0.257 e. The van der Waals surface area contributed by atoms with Crippen LogP contribution in [0.15, 0.2) is 47.2 Å². The maximum atomic E-state index is 13.6. The van der Waals surface area contributed by atoms with Crippen LogP contribution in [0.25, 0.3) is 22.4 Å². The highest BCUT2D eigenvalue weighted by Crippen LogP contribution is 2.32. The predicted octanol–water partition coefficient (Wildman–Crippen LogP) is 4.68. The fraction of sp³-hybridized carbons (Fsp3) is 0.304. The number of rotatable bonds is 4. The van der Waals surface area contributed by atoms with E-state index in [1.54, 1.807) is 18.5 Å². The second-order valence-corrected chi connectivity index (χ2v) is 7.76. The van der Waals surface area contributed by atoms with Crippen molar-refractivity contribution in [1.29, 1.82) is 0 Å². The van der Waals surface area contributed by atoms with Crippen LogP contribution in [0.4, 0.5) is 4.39 Å². The normalized spacial score (nSPS) is 16.7. The van der Waals surface area contributed by atoms with Crippen molar-refractivity contribution in [2.75, 3.05) is 6.54 Å². The first kappa shape index (κ1) is 19.4. The van der Waals surface area contributed by atoms with Crippen molar-refractivity contribution in [3.8, 4) is 11.3 Å². The maximum absolute atomic E-state index is 13.6. The number of hydrogen-bond acceptors (Lipinski definition) is 5. The van der Waals surface area contributed by atoms with E-state index >= 15 is 0 Å². The van der Waals surface area contributed by atoms with Gasteiger partial charge < -0.3 is 14.4 Å². The molecule has 8 heteroatoms. The number of carbonyl (C=O) groups is 1. The van der Waals surface area contributed by atoms with E-state index in [2.05, 4.69) is 20.1 Å². The monoisotopic (exact) mass is 419 g/mol. The highest BCUT2D eigenvalue weighted by molar-refractivity contribution is 5.97. The number of imidazole rings is 1. The number of fused-ring (bicyclic) bond motifs is 1. The number of piperidine rings is 1. The molecule has 5 rings (SSSR count). The van der Waals surface area contributed by atoms with Gasteiger partial charge in [0.05, 0.1) is 34.6 Å². The molecule has 1 aliphatic heterocycles. The van der Waals surface area contributed by atoms with E-state index in [1.807, 2.05) is 24.0 Å². The number of amides is 1. The molecule has 0 aliphatic carbocycles. The molecule has 4 aromatic rings. The van der Waals surface area contributed by atoms with Crippen LogP contribution in [0.3, 0.4) is 0 Å². The lowest BCUT2D eigenvalue weighted by molar-refractivity contribution is 0.0601. The highest BCUT2D eigenvalue weighted by atomic mass is 19.1. The molecular weight excluding hydrogens is 397 g/mol. The van der Waals surface area contributed by atoms with E-state index in [-0.39, 0.29) is 17.8 Å². The van der Waals surface area contributed by atoms with Crippen molar-refractivity contribution >= 4 is 17.0 Å². The van der Waals surface area contributed by atoms with Gasteiger partial charge in [-0.2, -0.15) is 0 Å². The van der Waals surface area contributed by atoms with E-state index in [0.29, 0.717) is 30.1 Å². The van der Waals surface area contributed by atoms with Crippen LogP contribution < -0.4 is 0 Å². The molecule has 0 spiro atoms. The molecule has 7 nitrogen and oxygen atoms in total. The van der Waals surface area contributed by atoms with E-state index in [1.165, 1.54) is 12.1 Å². The van der Waals surface area contributed by atoms with Crippen molar-refractivity contribution < 1.29 is 13.7 Å². The Hall–Kier alpha value is -3.55. The van der Waals surface area contributed by atoms with Crippen LogP contribution in [0.2, 0.25) is 0 Å². The van der Waals surface area contributed by atoms with Crippen LogP contribution in [-0.4, -0.2) is 37.5 Å². The Morgan fingerprint density at radius 3 is 3.00 bits per heavy atom. The molecular formula is C23H22FN5O2. The van der Waals surface area contributed by atoms with Gasteiger partial charge in [0, 0.05) is 18.3 Å². The van der Waals surface area contributed by atoms with Crippen molar-refractivity contribution in [3.05, 3.63) is 65.6 Å². The number of pyridine rings is 1. The summed E-state index contributed by atoms with van der Waals surface area (Å²) in [6, 6.07) is 8.01. The number of likely N-dealkylation sites (tertiary alicyclic amines) is 1. The second-order valence-electron chi connectivity index (χ2n) is 7.76. The molecule has 0 bridgehead atoms. The molecule has 1 saturated heterocycles. The summed E-state index contributed by atoms with van der Waals surface area (Å²) in [7, 11) is 0. The van der Waals surface area contributed by atoms with Gasteiger partial charge in [-0.15, -0.1) is 0 Å². The fourth-order valence-corrected chi connectivity index (χ4v) is 4.18. The number of hydrogen-bond donors (Lipinski definition) is 1. The second kappa shape index (κ2) is 7.94. The summed E-state index contributed by atoms with van der Waals surface area (Å²) >= 11 is 0. The summed E-state index contributed by atoms with van der Waals surface area (Å²) in [6.45, 7) is 2.63. The van der Waals surface area contributed by atoms with Crippen molar-refractivity contribution in [1.82, 2.24) is 25.0 Å². The molecule has 1 aromatic carbocycles. The highest BCUT2D eigenvalue weighted by Gasteiger charge is 2.31. The molecule has 1 unspecified atom stereocenters. The Morgan fingerprint density at radius 2 is 2.16 bits per heavy atom. The van der Waals surface area contributed by atoms with E-state index < -0.39 is 0 Å². The third-order valence-corrected chi connectivity index (χ3v) is 5.80. The van der Waals surface area contributed by atoms with Crippen LogP contribution in [-0.2, 0) is 6.42 Å². The van der Waals surface area contributed by atoms with Gasteiger partial charge in [0.25, 0.3) is 11.6 Å². The molecule has 1 fully saturated rings. The van der Waals surface area contributed by atoms with Gasteiger partial charge in [0.1, 0.15) is 11.6 Å². The topological polar surface area (TPSA) is 87.9 Å². The number of aryl methyl sites for hydroxylation is 1. The zero-order valence-corrected chi connectivity index (χ0v) is 17.1. The van der Waals surface area contributed by atoms with Gasteiger partial charge in [-0.1, -0.05) is 24.2 Å². The van der Waals surface area contributed by atoms with Crippen molar-refractivity contribution in [3.63, 3.8) is 0 Å². The molecule has 4 heterocycles. The summed E-state index contributed by atoms with van der Waals surface area (Å²) in [5.41, 5.74) is 3.19. The van der Waals surface area contributed by atoms with E-state index in [0.717, 1.165) is 41.6 Å². The fourth-order valence-electron chi connectivity index (χ4n) is 4.18. The lowest BCUT2D eigenvalue weighted by Crippen LogP contribution is -2.39. The average molecular weight is 419 g/mol. The third kappa shape index (κ3) is 3.58. The minimum absolute atomic E-state index is 0.0916. The number of carbonyl (C=O) groups excluding carboxylic acids is 1. The van der Waals surface area contributed by atoms with Crippen LogP contribution in [0, 0.1) is 5.82 Å². The number of aromatic amines is 1. The Balaban J connectivity index is 1.45. The van der Waals surface area contributed by atoms with Crippen LogP contribution in [0.1, 0.15) is 54.1 Å². The predicted molar refractivity (Wildman–Crippen MR) is 113 cm³/mol. The zero-order valence-electron chi connectivity index (χ0n) is 17.1. The number of nitrogens with zero attached hydrogens (tertiary/aromatic N) is 4. The number of nitrogens with one attached hydrogen (secondary N) is 1. The molecule has 31 heavy (non-hydrogen) atoms. The first-order chi connectivity index (χ1) is 15.1. The van der Waals surface area contributed by atoms with Crippen molar-refractivity contribution in [2.45, 2.75) is 38.6 Å². The summed E-state index contributed by atoms with van der Waals surface area (Å²) < 4.78 is 18.8. The Kier molecular flexibility index (Phi) is 4.97. The molecule has 1 atom stereocenters.